The summed E-state index contributed by atoms with van der Waals surface area (Å²) in [5.74, 6) is -1.93. The maximum atomic E-state index is 15.8. The van der Waals surface area contributed by atoms with E-state index in [1.165, 1.54) is 17.0 Å². The number of methoxy groups -OCH3 is 1. The summed E-state index contributed by atoms with van der Waals surface area (Å²) < 4.78 is 69.9. The first-order chi connectivity index (χ1) is 19.9. The number of nitrogens with zero attached hydrogens (tertiary/aromatic N) is 2. The van der Waals surface area contributed by atoms with Crippen LogP contribution in [-0.4, -0.2) is 84.9 Å². The van der Waals surface area contributed by atoms with Crippen LogP contribution in [0.3, 0.4) is 0 Å². The summed E-state index contributed by atoms with van der Waals surface area (Å²) in [4.78, 5) is 50.5. The van der Waals surface area contributed by atoms with Crippen molar-refractivity contribution in [2.24, 2.45) is 0 Å². The van der Waals surface area contributed by atoms with Crippen LogP contribution in [0.4, 0.5) is 18.4 Å². The predicted octanol–water partition coefficient (Wildman–Crippen LogP) is 5.19. The number of rotatable bonds is 10. The molecule has 0 aliphatic carbocycles. The molecule has 3 atom stereocenters. The van der Waals surface area contributed by atoms with Gasteiger partial charge in [0.2, 0.25) is 13.6 Å². The smallest absolute Gasteiger partial charge is 0.412 e. The van der Waals surface area contributed by atoms with Gasteiger partial charge in [0.05, 0.1) is 7.11 Å². The fraction of sp³-hybridized carbons (Fsp3) is 0.520. The van der Waals surface area contributed by atoms with Gasteiger partial charge in [0.25, 0.3) is 0 Å². The van der Waals surface area contributed by atoms with Crippen molar-refractivity contribution in [2.75, 3.05) is 33.8 Å². The first-order valence-corrected chi connectivity index (χ1v) is 15.2. The Morgan fingerprint density at radius 1 is 1.02 bits per heavy atom. The van der Waals surface area contributed by atoms with Crippen LogP contribution in [0.25, 0.3) is 10.1 Å². The first kappa shape index (κ1) is 31.6. The topological polar surface area (TPSA) is 158 Å². The number of halogens is 2. The van der Waals surface area contributed by atoms with E-state index in [0.29, 0.717) is 24.1 Å². The standard InChI is InChI=1S/C25H29F2N2O11PS/c1-15-5-3-9-28(15)23(33)37-13-39-41(35,40-14-38-24(34)29-10-4-6-18(29)22(32)36-2)25(26,27)17-7-8-19-16(11-17)12-20(42-19)21(30)31/h7-8,11-12,15,18H,3-6,9-10,13-14H2,1-2H3,(H,30,31)/t15-,18+,41?/m1/s1. The number of aromatic carboxylic acids is 1. The number of amides is 2. The van der Waals surface area contributed by atoms with Crippen LogP contribution >= 0.6 is 18.9 Å². The maximum Gasteiger partial charge on any atom is 0.412 e. The monoisotopic (exact) mass is 634 g/mol. The molecule has 17 heteroatoms. The number of carbonyl (C=O) groups excluding carboxylic acids is 3. The predicted molar refractivity (Wildman–Crippen MR) is 142 cm³/mol. The molecule has 42 heavy (non-hydrogen) atoms. The second-order valence-electron chi connectivity index (χ2n) is 9.58. The highest BCUT2D eigenvalue weighted by Gasteiger charge is 2.56. The highest BCUT2D eigenvalue weighted by Crippen LogP contribution is 2.67. The zero-order chi connectivity index (χ0) is 30.7. The lowest BCUT2D eigenvalue weighted by atomic mass is 10.1. The van der Waals surface area contributed by atoms with Crippen molar-refractivity contribution >= 4 is 53.1 Å². The van der Waals surface area contributed by atoms with E-state index in [1.807, 2.05) is 0 Å². The molecule has 0 saturated carbocycles. The van der Waals surface area contributed by atoms with Crippen LogP contribution in [-0.2, 0) is 38.3 Å². The minimum atomic E-state index is -5.59. The molecular formula is C25H29F2N2O11PS. The lowest BCUT2D eigenvalue weighted by Crippen LogP contribution is -2.41. The molecule has 2 aliphatic heterocycles. The molecule has 0 radical (unpaired) electrons. The highest BCUT2D eigenvalue weighted by molar-refractivity contribution is 7.54. The third-order valence-corrected chi connectivity index (χ3v) is 9.92. The Bertz CT molecular complexity index is 1400. The molecule has 1 unspecified atom stereocenters. The SMILES string of the molecule is COC(=O)[C@@H]1CCCN1C(=O)OCOP(=O)(OCOC(=O)N1CCC[C@H]1C)C(F)(F)c1ccc2sc(C(=O)O)cc2c1. The largest absolute Gasteiger partial charge is 0.477 e. The van der Waals surface area contributed by atoms with E-state index in [4.69, 9.17) is 18.5 Å². The summed E-state index contributed by atoms with van der Waals surface area (Å²) in [5, 5.41) is 9.37. The normalized spacial score (nSPS) is 20.4. The van der Waals surface area contributed by atoms with Gasteiger partial charge in [-0.05, 0) is 56.2 Å². The van der Waals surface area contributed by atoms with Crippen LogP contribution in [0.5, 0.6) is 0 Å². The number of alkyl halides is 2. The number of likely N-dealkylation sites (tertiary alicyclic amines) is 2. The van der Waals surface area contributed by atoms with Crippen LogP contribution in [0.2, 0.25) is 0 Å². The summed E-state index contributed by atoms with van der Waals surface area (Å²) in [7, 11) is -4.45. The summed E-state index contributed by atoms with van der Waals surface area (Å²) in [6.45, 7) is -0.109. The van der Waals surface area contributed by atoms with Crippen LogP contribution < -0.4 is 0 Å². The molecule has 3 heterocycles. The van der Waals surface area contributed by atoms with Gasteiger partial charge >= 0.3 is 37.4 Å². The minimum Gasteiger partial charge on any atom is -0.477 e. The van der Waals surface area contributed by atoms with Gasteiger partial charge in [0.15, 0.2) is 0 Å². The number of hydrogen-bond acceptors (Lipinski definition) is 11. The molecule has 0 spiro atoms. The second-order valence-corrected chi connectivity index (χ2v) is 12.7. The van der Waals surface area contributed by atoms with Crippen LogP contribution in [0.15, 0.2) is 24.3 Å². The Labute approximate surface area is 242 Å². The fourth-order valence-electron chi connectivity index (χ4n) is 4.72. The number of hydrogen-bond donors (Lipinski definition) is 1. The van der Waals surface area contributed by atoms with Crippen LogP contribution in [0, 0.1) is 0 Å². The second kappa shape index (κ2) is 12.9. The first-order valence-electron chi connectivity index (χ1n) is 12.9. The number of benzene rings is 1. The number of ether oxygens (including phenoxy) is 3. The van der Waals surface area contributed by atoms with Gasteiger partial charge in [-0.1, -0.05) is 6.07 Å². The van der Waals surface area contributed by atoms with Gasteiger partial charge in [-0.25, -0.2) is 19.2 Å². The molecule has 2 amide bonds. The quantitative estimate of drug-likeness (QED) is 0.159. The fourth-order valence-corrected chi connectivity index (χ4v) is 6.84. The molecule has 4 rings (SSSR count). The Kier molecular flexibility index (Phi) is 9.70. The van der Waals surface area contributed by atoms with E-state index in [0.717, 1.165) is 48.3 Å². The molecule has 1 aromatic heterocycles. The van der Waals surface area contributed by atoms with E-state index >= 15 is 8.78 Å². The molecule has 1 N–H and O–H groups in total. The molecule has 2 saturated heterocycles. The molecule has 230 valence electrons. The van der Waals surface area contributed by atoms with Crippen molar-refractivity contribution < 1.29 is 60.9 Å². The molecule has 2 aliphatic rings. The lowest BCUT2D eigenvalue weighted by Gasteiger charge is -2.28. The van der Waals surface area contributed by atoms with E-state index in [-0.39, 0.29) is 22.8 Å². The van der Waals surface area contributed by atoms with Crippen molar-refractivity contribution in [3.63, 3.8) is 0 Å². The Balaban J connectivity index is 1.52. The van der Waals surface area contributed by atoms with Gasteiger partial charge in [0.1, 0.15) is 10.9 Å². The zero-order valence-electron chi connectivity index (χ0n) is 22.7. The van der Waals surface area contributed by atoms with Crippen molar-refractivity contribution in [1.29, 1.82) is 0 Å². The average molecular weight is 635 g/mol. The molecule has 0 bridgehead atoms. The molecule has 2 fully saturated rings. The van der Waals surface area contributed by atoms with E-state index < -0.39 is 62.6 Å². The third kappa shape index (κ3) is 6.51. The van der Waals surface area contributed by atoms with Crippen molar-refractivity contribution in [3.8, 4) is 0 Å². The molecule has 13 nitrogen and oxygen atoms in total. The lowest BCUT2D eigenvalue weighted by molar-refractivity contribution is -0.145. The van der Waals surface area contributed by atoms with Gasteiger partial charge in [0, 0.05) is 29.4 Å². The van der Waals surface area contributed by atoms with E-state index in [2.05, 4.69) is 4.74 Å². The molecule has 1 aromatic carbocycles. The van der Waals surface area contributed by atoms with Gasteiger partial charge < -0.3 is 24.2 Å². The van der Waals surface area contributed by atoms with Crippen molar-refractivity contribution in [2.45, 2.75) is 50.4 Å². The zero-order valence-corrected chi connectivity index (χ0v) is 24.4. The number of esters is 1. The maximum absolute atomic E-state index is 15.8. The number of carboxylic acids is 1. The number of carbonyl (C=O) groups is 4. The molecule has 2 aromatic rings. The summed E-state index contributed by atoms with van der Waals surface area (Å²) in [6.07, 6.45) is 0.273. The van der Waals surface area contributed by atoms with Gasteiger partial charge in [-0.3, -0.25) is 18.5 Å². The highest BCUT2D eigenvalue weighted by atomic mass is 32.1. The molecular weight excluding hydrogens is 605 g/mol. The Morgan fingerprint density at radius 3 is 2.24 bits per heavy atom. The minimum absolute atomic E-state index is 0.0942. The Hall–Kier alpha value is -3.33. The van der Waals surface area contributed by atoms with E-state index in [1.54, 1.807) is 6.92 Å². The average Bonchev–Trinajstić information content (AvgIpc) is 3.71. The number of fused-ring (bicyclic) bond motifs is 1. The third-order valence-electron chi connectivity index (χ3n) is 6.98. The summed E-state index contributed by atoms with van der Waals surface area (Å²) >= 11 is 0.861. The number of carboxylic acid groups (broad SMARTS) is 1. The van der Waals surface area contributed by atoms with E-state index in [9.17, 15) is 28.8 Å². The van der Waals surface area contributed by atoms with Gasteiger partial charge in [-0.15, -0.1) is 11.3 Å². The Morgan fingerprint density at radius 2 is 1.64 bits per heavy atom. The summed E-state index contributed by atoms with van der Waals surface area (Å²) in [6, 6.07) is 3.20. The number of thiophene rings is 1. The van der Waals surface area contributed by atoms with Crippen molar-refractivity contribution in [3.05, 3.63) is 34.7 Å². The summed E-state index contributed by atoms with van der Waals surface area (Å²) in [5.41, 5.74) is -5.21. The van der Waals surface area contributed by atoms with Crippen LogP contribution in [0.1, 0.15) is 47.8 Å². The van der Waals surface area contributed by atoms with Crippen molar-refractivity contribution in [1.82, 2.24) is 9.80 Å². The van der Waals surface area contributed by atoms with Gasteiger partial charge in [-0.2, -0.15) is 8.78 Å².